The number of nitro benzene ring substituents is 1. The number of rotatable bonds is 2. The molecule has 4 nitrogen and oxygen atoms in total. The second-order valence-corrected chi connectivity index (χ2v) is 3.41. The Morgan fingerprint density at radius 3 is 2.69 bits per heavy atom. The molecule has 0 saturated heterocycles. The van der Waals surface area contributed by atoms with Crippen LogP contribution in [0.3, 0.4) is 0 Å². The van der Waals surface area contributed by atoms with Gasteiger partial charge in [0, 0.05) is 11.6 Å². The van der Waals surface area contributed by atoms with Crippen molar-refractivity contribution in [2.45, 2.75) is 13.0 Å². The highest BCUT2D eigenvalue weighted by Crippen LogP contribution is 2.31. The van der Waals surface area contributed by atoms with E-state index in [1.165, 1.54) is 6.07 Å². The van der Waals surface area contributed by atoms with Crippen molar-refractivity contribution < 1.29 is 10.0 Å². The molecule has 1 aromatic rings. The lowest BCUT2D eigenvalue weighted by atomic mass is 10.1. The highest BCUT2D eigenvalue weighted by atomic mass is 79.9. The molecule has 0 bridgehead atoms. The maximum Gasteiger partial charge on any atom is 0.283 e. The topological polar surface area (TPSA) is 63.4 Å². The van der Waals surface area contributed by atoms with Crippen LogP contribution in [-0.4, -0.2) is 10.0 Å². The first kappa shape index (κ1) is 10.1. The van der Waals surface area contributed by atoms with Gasteiger partial charge in [-0.05, 0) is 22.9 Å². The molecule has 0 radical (unpaired) electrons. The summed E-state index contributed by atoms with van der Waals surface area (Å²) >= 11 is 3.08. The largest absolute Gasteiger partial charge is 0.389 e. The first-order valence-electron chi connectivity index (χ1n) is 3.65. The molecular weight excluding hydrogens is 238 g/mol. The highest BCUT2D eigenvalue weighted by Gasteiger charge is 2.16. The molecular formula is C8H8BrNO3. The smallest absolute Gasteiger partial charge is 0.283 e. The Hall–Kier alpha value is -0.940. The Morgan fingerprint density at radius 2 is 2.23 bits per heavy atom. The van der Waals surface area contributed by atoms with E-state index in [1.54, 1.807) is 19.1 Å². The normalized spacial score (nSPS) is 12.5. The van der Waals surface area contributed by atoms with Gasteiger partial charge in [-0.3, -0.25) is 10.1 Å². The van der Waals surface area contributed by atoms with Crippen molar-refractivity contribution in [3.05, 3.63) is 38.3 Å². The third-order valence-corrected chi connectivity index (χ3v) is 2.52. The molecule has 0 fully saturated rings. The predicted molar refractivity (Wildman–Crippen MR) is 51.4 cm³/mol. The summed E-state index contributed by atoms with van der Waals surface area (Å²) in [4.78, 5) is 10.0. The number of aliphatic hydroxyl groups is 1. The highest BCUT2D eigenvalue weighted by molar-refractivity contribution is 9.10. The second kappa shape index (κ2) is 3.85. The molecule has 1 aromatic carbocycles. The molecule has 1 unspecified atom stereocenters. The minimum absolute atomic E-state index is 0.0293. The molecule has 0 aliphatic rings. The van der Waals surface area contributed by atoms with Crippen molar-refractivity contribution in [1.82, 2.24) is 0 Å². The number of benzene rings is 1. The van der Waals surface area contributed by atoms with E-state index in [9.17, 15) is 15.2 Å². The molecule has 0 aliphatic carbocycles. The van der Waals surface area contributed by atoms with E-state index in [2.05, 4.69) is 15.9 Å². The van der Waals surface area contributed by atoms with Crippen LogP contribution in [-0.2, 0) is 0 Å². The molecule has 0 spiro atoms. The third-order valence-electron chi connectivity index (χ3n) is 1.65. The van der Waals surface area contributed by atoms with Gasteiger partial charge in [0.25, 0.3) is 5.69 Å². The number of nitro groups is 1. The first-order chi connectivity index (χ1) is 6.04. The molecule has 5 heteroatoms. The van der Waals surface area contributed by atoms with Crippen molar-refractivity contribution in [3.8, 4) is 0 Å². The maximum atomic E-state index is 10.5. The fraction of sp³-hybridized carbons (Fsp3) is 0.250. The van der Waals surface area contributed by atoms with Gasteiger partial charge >= 0.3 is 0 Å². The van der Waals surface area contributed by atoms with E-state index in [0.717, 1.165) is 0 Å². The summed E-state index contributed by atoms with van der Waals surface area (Å²) in [6.45, 7) is 1.56. The van der Waals surface area contributed by atoms with Crippen LogP contribution >= 0.6 is 15.9 Å². The zero-order valence-electron chi connectivity index (χ0n) is 6.90. The molecule has 1 atom stereocenters. The van der Waals surface area contributed by atoms with Crippen LogP contribution in [0.4, 0.5) is 5.69 Å². The van der Waals surface area contributed by atoms with Crippen molar-refractivity contribution in [3.63, 3.8) is 0 Å². The standard InChI is InChI=1S/C8H8BrNO3/c1-5(11)6-3-2-4-7(8(6)9)10(12)13/h2-5,11H,1H3. The summed E-state index contributed by atoms with van der Waals surface area (Å²) in [5.41, 5.74) is 0.493. The van der Waals surface area contributed by atoms with E-state index in [1.807, 2.05) is 0 Å². The monoisotopic (exact) mass is 245 g/mol. The number of aliphatic hydroxyl groups excluding tert-OH is 1. The Bertz CT molecular complexity index is 338. The molecule has 0 saturated carbocycles. The quantitative estimate of drug-likeness (QED) is 0.643. The van der Waals surface area contributed by atoms with Crippen LogP contribution in [0.15, 0.2) is 22.7 Å². The Balaban J connectivity index is 3.26. The average molecular weight is 246 g/mol. The average Bonchev–Trinajstić information content (AvgIpc) is 2.03. The van der Waals surface area contributed by atoms with E-state index in [0.29, 0.717) is 10.0 Å². The van der Waals surface area contributed by atoms with Crippen LogP contribution in [0.2, 0.25) is 0 Å². The SMILES string of the molecule is CC(O)c1cccc([N+](=O)[O-])c1Br. The fourth-order valence-corrected chi connectivity index (χ4v) is 1.74. The lowest BCUT2D eigenvalue weighted by Crippen LogP contribution is -1.96. The van der Waals surface area contributed by atoms with Crippen LogP contribution in [0, 0.1) is 10.1 Å². The van der Waals surface area contributed by atoms with Crippen LogP contribution in [0.25, 0.3) is 0 Å². The first-order valence-corrected chi connectivity index (χ1v) is 4.44. The van der Waals surface area contributed by atoms with Gasteiger partial charge in [-0.1, -0.05) is 12.1 Å². The minimum atomic E-state index is -0.714. The Morgan fingerprint density at radius 1 is 1.62 bits per heavy atom. The third kappa shape index (κ3) is 2.05. The number of nitrogens with zero attached hydrogens (tertiary/aromatic N) is 1. The van der Waals surface area contributed by atoms with Gasteiger partial charge in [0.2, 0.25) is 0 Å². The molecule has 70 valence electrons. The summed E-state index contributed by atoms with van der Waals surface area (Å²) in [6, 6.07) is 4.57. The lowest BCUT2D eigenvalue weighted by Gasteiger charge is -2.06. The lowest BCUT2D eigenvalue weighted by molar-refractivity contribution is -0.385. The fourth-order valence-electron chi connectivity index (χ4n) is 1.00. The maximum absolute atomic E-state index is 10.5. The summed E-state index contributed by atoms with van der Waals surface area (Å²) in [7, 11) is 0. The summed E-state index contributed by atoms with van der Waals surface area (Å²) < 4.78 is 0.343. The van der Waals surface area contributed by atoms with Gasteiger partial charge in [0.05, 0.1) is 11.0 Å². The molecule has 1 rings (SSSR count). The minimum Gasteiger partial charge on any atom is -0.389 e. The van der Waals surface area contributed by atoms with E-state index >= 15 is 0 Å². The Labute approximate surface area is 83.5 Å². The second-order valence-electron chi connectivity index (χ2n) is 2.61. The van der Waals surface area contributed by atoms with Crippen molar-refractivity contribution in [2.75, 3.05) is 0 Å². The predicted octanol–water partition coefficient (Wildman–Crippen LogP) is 2.41. The molecule has 13 heavy (non-hydrogen) atoms. The molecule has 0 aromatic heterocycles. The van der Waals surface area contributed by atoms with Gasteiger partial charge in [0.15, 0.2) is 0 Å². The number of hydrogen-bond donors (Lipinski definition) is 1. The summed E-state index contributed by atoms with van der Waals surface area (Å²) in [5.74, 6) is 0. The Kier molecular flexibility index (Phi) is 3.00. The number of hydrogen-bond acceptors (Lipinski definition) is 3. The van der Waals surface area contributed by atoms with Crippen molar-refractivity contribution in [2.24, 2.45) is 0 Å². The van der Waals surface area contributed by atoms with Gasteiger partial charge < -0.3 is 5.11 Å². The van der Waals surface area contributed by atoms with Crippen molar-refractivity contribution >= 4 is 21.6 Å². The van der Waals surface area contributed by atoms with E-state index in [-0.39, 0.29) is 5.69 Å². The van der Waals surface area contributed by atoms with Crippen LogP contribution in [0.5, 0.6) is 0 Å². The molecule has 1 N–H and O–H groups in total. The van der Waals surface area contributed by atoms with Gasteiger partial charge in [-0.25, -0.2) is 0 Å². The van der Waals surface area contributed by atoms with Crippen LogP contribution < -0.4 is 0 Å². The molecule has 0 amide bonds. The summed E-state index contributed by atoms with van der Waals surface area (Å²) in [6.07, 6.45) is -0.714. The number of halogens is 1. The van der Waals surface area contributed by atoms with E-state index < -0.39 is 11.0 Å². The van der Waals surface area contributed by atoms with Gasteiger partial charge in [-0.2, -0.15) is 0 Å². The van der Waals surface area contributed by atoms with Gasteiger partial charge in [-0.15, -0.1) is 0 Å². The zero-order chi connectivity index (χ0) is 10.0. The molecule has 0 aliphatic heterocycles. The van der Waals surface area contributed by atoms with E-state index in [4.69, 9.17) is 0 Å². The van der Waals surface area contributed by atoms with Crippen molar-refractivity contribution in [1.29, 1.82) is 0 Å². The van der Waals surface area contributed by atoms with Gasteiger partial charge in [0.1, 0.15) is 4.47 Å². The molecule has 0 heterocycles. The zero-order valence-corrected chi connectivity index (χ0v) is 8.48. The van der Waals surface area contributed by atoms with Crippen LogP contribution in [0.1, 0.15) is 18.6 Å². The summed E-state index contributed by atoms with van der Waals surface area (Å²) in [5, 5.41) is 19.7.